The third kappa shape index (κ3) is 8.07. The van der Waals surface area contributed by atoms with Gasteiger partial charge in [0.2, 0.25) is 5.89 Å². The Labute approximate surface area is 234 Å². The lowest BCUT2D eigenvalue weighted by Gasteiger charge is -2.20. The number of carboxylic acids is 1. The minimum Gasteiger partial charge on any atom is -0.493 e. The van der Waals surface area contributed by atoms with Crippen LogP contribution < -0.4 is 10.1 Å². The standard InChI is InChI=1S/C31H27F3N2O5/c1-20-25(36-29(41-20)23-10-6-3-7-11-23)16-17-40-24-14-12-21(13-15-24)18-26(30(38)39)35-28(31(32,33)34)19-27(37)22-8-4-2-5-9-22/h2-15,19,26,35H,16-18H2,1H3,(H,38,39)/b28-19+/t26-/m0/s1. The lowest BCUT2D eigenvalue weighted by molar-refractivity contribution is -0.140. The number of halogens is 3. The maximum absolute atomic E-state index is 13.7. The Kier molecular flexibility index (Phi) is 9.23. The number of nitrogens with zero attached hydrogens (tertiary/aromatic N) is 1. The number of aryl methyl sites for hydroxylation is 1. The van der Waals surface area contributed by atoms with Gasteiger partial charge < -0.3 is 19.6 Å². The summed E-state index contributed by atoms with van der Waals surface area (Å²) in [7, 11) is 0. The average molecular weight is 565 g/mol. The van der Waals surface area contributed by atoms with E-state index in [9.17, 15) is 27.9 Å². The second kappa shape index (κ2) is 13.0. The van der Waals surface area contributed by atoms with Crippen molar-refractivity contribution < 1.29 is 37.0 Å². The number of ketones is 1. The van der Waals surface area contributed by atoms with Crippen LogP contribution in [0.3, 0.4) is 0 Å². The van der Waals surface area contributed by atoms with Crippen LogP contribution in [0.2, 0.25) is 0 Å². The molecule has 0 fully saturated rings. The van der Waals surface area contributed by atoms with Gasteiger partial charge in [-0.3, -0.25) is 4.79 Å². The fourth-order valence-corrected chi connectivity index (χ4v) is 4.00. The van der Waals surface area contributed by atoms with Crippen LogP contribution in [0.25, 0.3) is 11.5 Å². The molecular formula is C31H27F3N2O5. The van der Waals surface area contributed by atoms with E-state index < -0.39 is 29.7 Å². The normalized spacial score (nSPS) is 12.5. The van der Waals surface area contributed by atoms with Gasteiger partial charge in [0.05, 0.1) is 12.3 Å². The van der Waals surface area contributed by atoms with Crippen molar-refractivity contribution in [3.63, 3.8) is 0 Å². The molecular weight excluding hydrogens is 537 g/mol. The number of carboxylic acid groups (broad SMARTS) is 1. The number of carbonyl (C=O) groups excluding carboxylic acids is 1. The van der Waals surface area contributed by atoms with Crippen molar-refractivity contribution in [2.24, 2.45) is 0 Å². The highest BCUT2D eigenvalue weighted by atomic mass is 19.4. The van der Waals surface area contributed by atoms with Crippen molar-refractivity contribution in [2.45, 2.75) is 32.0 Å². The maximum atomic E-state index is 13.7. The summed E-state index contributed by atoms with van der Waals surface area (Å²) in [6, 6.07) is 21.7. The zero-order valence-electron chi connectivity index (χ0n) is 22.0. The predicted molar refractivity (Wildman–Crippen MR) is 145 cm³/mol. The first kappa shape index (κ1) is 29.1. The summed E-state index contributed by atoms with van der Waals surface area (Å²) in [4.78, 5) is 28.7. The number of aromatic nitrogens is 1. The minimum absolute atomic E-state index is 0.0499. The van der Waals surface area contributed by atoms with Crippen molar-refractivity contribution in [3.05, 3.63) is 119 Å². The molecule has 1 atom stereocenters. The molecule has 7 nitrogen and oxygen atoms in total. The summed E-state index contributed by atoms with van der Waals surface area (Å²) in [6.45, 7) is 2.13. The number of rotatable bonds is 12. The summed E-state index contributed by atoms with van der Waals surface area (Å²) < 4.78 is 52.5. The molecule has 41 heavy (non-hydrogen) atoms. The molecule has 0 unspecified atom stereocenters. The molecule has 0 saturated carbocycles. The van der Waals surface area contributed by atoms with E-state index in [2.05, 4.69) is 4.98 Å². The van der Waals surface area contributed by atoms with Crippen LogP contribution in [0.5, 0.6) is 5.75 Å². The van der Waals surface area contributed by atoms with E-state index in [4.69, 9.17) is 9.15 Å². The molecule has 3 aromatic carbocycles. The average Bonchev–Trinajstić information content (AvgIpc) is 3.33. The second-order valence-corrected chi connectivity index (χ2v) is 9.16. The van der Waals surface area contributed by atoms with Gasteiger partial charge >= 0.3 is 12.1 Å². The highest BCUT2D eigenvalue weighted by molar-refractivity contribution is 6.05. The molecule has 0 aliphatic heterocycles. The predicted octanol–water partition coefficient (Wildman–Crippen LogP) is 6.19. The number of oxazole rings is 1. The molecule has 212 valence electrons. The number of nitrogens with one attached hydrogen (secondary N) is 1. The number of ether oxygens (including phenoxy) is 1. The van der Waals surface area contributed by atoms with Gasteiger partial charge in [-0.15, -0.1) is 0 Å². The number of alkyl halides is 3. The van der Waals surface area contributed by atoms with E-state index in [1.807, 2.05) is 42.6 Å². The number of carbonyl (C=O) groups is 2. The Morgan fingerprint density at radius 3 is 2.24 bits per heavy atom. The molecule has 0 aliphatic carbocycles. The zero-order valence-corrected chi connectivity index (χ0v) is 22.0. The number of aliphatic carboxylic acids is 1. The molecule has 0 bridgehead atoms. The Morgan fingerprint density at radius 1 is 1.00 bits per heavy atom. The van der Waals surface area contributed by atoms with Gasteiger partial charge in [-0.05, 0) is 36.8 Å². The van der Waals surface area contributed by atoms with Gasteiger partial charge in [-0.1, -0.05) is 60.7 Å². The number of hydrogen-bond donors (Lipinski definition) is 2. The summed E-state index contributed by atoms with van der Waals surface area (Å²) >= 11 is 0. The minimum atomic E-state index is -4.96. The van der Waals surface area contributed by atoms with Gasteiger partial charge in [0.1, 0.15) is 23.2 Å². The van der Waals surface area contributed by atoms with Crippen molar-refractivity contribution in [2.75, 3.05) is 6.61 Å². The summed E-state index contributed by atoms with van der Waals surface area (Å²) in [5.74, 6) is -0.675. The Bertz CT molecular complexity index is 1500. The number of allylic oxidation sites excluding steroid dienone is 2. The molecule has 0 amide bonds. The van der Waals surface area contributed by atoms with Crippen molar-refractivity contribution >= 4 is 11.8 Å². The van der Waals surface area contributed by atoms with Gasteiger partial charge in [-0.25, -0.2) is 9.78 Å². The van der Waals surface area contributed by atoms with E-state index in [0.29, 0.717) is 42.1 Å². The molecule has 0 aliphatic rings. The topological polar surface area (TPSA) is 102 Å². The molecule has 1 aromatic heterocycles. The number of benzene rings is 3. The monoisotopic (exact) mass is 564 g/mol. The lowest BCUT2D eigenvalue weighted by Crippen LogP contribution is -2.42. The molecule has 10 heteroatoms. The van der Waals surface area contributed by atoms with Crippen LogP contribution in [0.15, 0.2) is 101 Å². The van der Waals surface area contributed by atoms with Gasteiger partial charge in [0.15, 0.2) is 5.78 Å². The highest BCUT2D eigenvalue weighted by Crippen LogP contribution is 2.26. The van der Waals surface area contributed by atoms with E-state index >= 15 is 0 Å². The molecule has 1 heterocycles. The van der Waals surface area contributed by atoms with Crippen LogP contribution >= 0.6 is 0 Å². The van der Waals surface area contributed by atoms with Gasteiger partial charge in [0, 0.05) is 30.0 Å². The first-order valence-electron chi connectivity index (χ1n) is 12.7. The summed E-state index contributed by atoms with van der Waals surface area (Å²) in [6.07, 6.45) is -4.35. The number of hydrogen-bond acceptors (Lipinski definition) is 6. The SMILES string of the molecule is Cc1oc(-c2ccccc2)nc1CCOc1ccc(C[C@H](N/C(=C/C(=O)c2ccccc2)C(F)(F)F)C(=O)O)cc1. The molecule has 4 rings (SSSR count). The smallest absolute Gasteiger partial charge is 0.431 e. The Hall–Kier alpha value is -4.86. The molecule has 2 N–H and O–H groups in total. The van der Waals surface area contributed by atoms with Crippen LogP contribution in [0.4, 0.5) is 13.2 Å². The summed E-state index contributed by atoms with van der Waals surface area (Å²) in [5, 5.41) is 11.6. The van der Waals surface area contributed by atoms with Crippen LogP contribution in [-0.2, 0) is 17.6 Å². The van der Waals surface area contributed by atoms with Crippen LogP contribution in [0, 0.1) is 6.92 Å². The molecule has 0 radical (unpaired) electrons. The van der Waals surface area contributed by atoms with Gasteiger partial charge in [0.25, 0.3) is 0 Å². The van der Waals surface area contributed by atoms with E-state index in [1.165, 1.54) is 24.3 Å². The van der Waals surface area contributed by atoms with Crippen molar-refractivity contribution in [3.8, 4) is 17.2 Å². The van der Waals surface area contributed by atoms with Crippen LogP contribution in [-0.4, -0.2) is 40.7 Å². The third-order valence-electron chi connectivity index (χ3n) is 6.15. The molecule has 4 aromatic rings. The highest BCUT2D eigenvalue weighted by Gasteiger charge is 2.37. The third-order valence-corrected chi connectivity index (χ3v) is 6.15. The zero-order chi connectivity index (χ0) is 29.4. The Morgan fingerprint density at radius 2 is 1.63 bits per heavy atom. The van der Waals surface area contributed by atoms with Gasteiger partial charge in [-0.2, -0.15) is 13.2 Å². The molecule has 0 spiro atoms. The first-order chi connectivity index (χ1) is 19.6. The van der Waals surface area contributed by atoms with E-state index in [-0.39, 0.29) is 12.0 Å². The van der Waals surface area contributed by atoms with E-state index in [1.54, 1.807) is 30.3 Å². The fourth-order valence-electron chi connectivity index (χ4n) is 4.00. The largest absolute Gasteiger partial charge is 0.493 e. The Balaban J connectivity index is 1.36. The van der Waals surface area contributed by atoms with Crippen LogP contribution in [0.1, 0.15) is 27.4 Å². The quantitative estimate of drug-likeness (QED) is 0.156. The van der Waals surface area contributed by atoms with E-state index in [0.717, 1.165) is 11.3 Å². The molecule has 0 saturated heterocycles. The first-order valence-corrected chi connectivity index (χ1v) is 12.7. The maximum Gasteiger partial charge on any atom is 0.431 e. The summed E-state index contributed by atoms with van der Waals surface area (Å²) in [5.41, 5.74) is 0.711. The van der Waals surface area contributed by atoms with Crippen molar-refractivity contribution in [1.82, 2.24) is 10.3 Å². The van der Waals surface area contributed by atoms with Crippen molar-refractivity contribution in [1.29, 1.82) is 0 Å². The second-order valence-electron chi connectivity index (χ2n) is 9.16. The fraction of sp³-hybridized carbons (Fsp3) is 0.194. The lowest BCUT2D eigenvalue weighted by atomic mass is 10.0.